The Morgan fingerprint density at radius 1 is 1.19 bits per heavy atom. The van der Waals surface area contributed by atoms with E-state index in [-0.39, 0.29) is 5.41 Å². The van der Waals surface area contributed by atoms with Crippen LogP contribution in [0.3, 0.4) is 0 Å². The highest BCUT2D eigenvalue weighted by Crippen LogP contribution is 2.22. The summed E-state index contributed by atoms with van der Waals surface area (Å²) in [5.74, 6) is 0. The van der Waals surface area contributed by atoms with E-state index in [4.69, 9.17) is 5.21 Å². The van der Waals surface area contributed by atoms with Gasteiger partial charge in [-0.05, 0) is 36.3 Å². The van der Waals surface area contributed by atoms with Gasteiger partial charge in [-0.3, -0.25) is 0 Å². The Morgan fingerprint density at radius 2 is 1.75 bits per heavy atom. The largest absolute Gasteiger partial charge is 0.411 e. The molecule has 0 amide bonds. The molecule has 16 heavy (non-hydrogen) atoms. The molecule has 1 aromatic rings. The Kier molecular flexibility index (Phi) is 4.11. The second-order valence-electron chi connectivity index (χ2n) is 5.28. The Hall–Kier alpha value is -1.31. The molecule has 0 saturated carbocycles. The summed E-state index contributed by atoms with van der Waals surface area (Å²) >= 11 is 0. The summed E-state index contributed by atoms with van der Waals surface area (Å²) < 4.78 is 0. The van der Waals surface area contributed by atoms with Gasteiger partial charge in [0.1, 0.15) is 0 Å². The van der Waals surface area contributed by atoms with E-state index in [0.29, 0.717) is 0 Å². The lowest BCUT2D eigenvalue weighted by atomic mass is 9.86. The van der Waals surface area contributed by atoms with Crippen LogP contribution in [0.2, 0.25) is 0 Å². The van der Waals surface area contributed by atoms with Gasteiger partial charge < -0.3 is 5.21 Å². The van der Waals surface area contributed by atoms with Gasteiger partial charge in [-0.15, -0.1) is 0 Å². The monoisotopic (exact) mass is 219 g/mol. The molecule has 0 aliphatic carbocycles. The first kappa shape index (κ1) is 12.8. The summed E-state index contributed by atoms with van der Waals surface area (Å²) in [6, 6.07) is 8.68. The first-order chi connectivity index (χ1) is 7.43. The highest BCUT2D eigenvalue weighted by atomic mass is 16.4. The molecule has 0 aromatic heterocycles. The molecule has 0 radical (unpaired) electrons. The van der Waals surface area contributed by atoms with E-state index in [9.17, 15) is 0 Å². The normalized spacial score (nSPS) is 12.9. The molecule has 0 bridgehead atoms. The third-order valence-corrected chi connectivity index (χ3v) is 2.77. The Bertz CT molecular complexity index is 357. The highest BCUT2D eigenvalue weighted by molar-refractivity contribution is 5.81. The average molecular weight is 219 g/mol. The van der Waals surface area contributed by atoms with Crippen molar-refractivity contribution < 1.29 is 5.21 Å². The smallest absolute Gasteiger partial charge is 0.0543 e. The molecule has 0 atom stereocenters. The first-order valence-corrected chi connectivity index (χ1v) is 5.70. The molecule has 0 spiro atoms. The van der Waals surface area contributed by atoms with E-state index in [1.807, 2.05) is 6.92 Å². The van der Waals surface area contributed by atoms with Crippen LogP contribution in [0.25, 0.3) is 0 Å². The average Bonchev–Trinajstić information content (AvgIpc) is 2.25. The summed E-state index contributed by atoms with van der Waals surface area (Å²) in [5, 5.41) is 11.7. The Balaban J connectivity index is 2.65. The van der Waals surface area contributed by atoms with Crippen LogP contribution in [0.5, 0.6) is 0 Å². The van der Waals surface area contributed by atoms with Gasteiger partial charge in [0.2, 0.25) is 0 Å². The molecule has 0 aliphatic heterocycles. The third-order valence-electron chi connectivity index (χ3n) is 2.77. The van der Waals surface area contributed by atoms with E-state index in [1.54, 1.807) is 0 Å². The molecule has 0 aliphatic rings. The standard InChI is InChI=1S/C14H21NO/c1-11(15-16)5-6-12-7-9-13(10-8-12)14(2,3)4/h7-10,16H,5-6H2,1-4H3/b15-11+. The van der Waals surface area contributed by atoms with Gasteiger partial charge in [-0.2, -0.15) is 0 Å². The van der Waals surface area contributed by atoms with Crippen molar-refractivity contribution in [2.45, 2.75) is 46.0 Å². The minimum Gasteiger partial charge on any atom is -0.411 e. The zero-order chi connectivity index (χ0) is 12.2. The van der Waals surface area contributed by atoms with E-state index in [2.05, 4.69) is 50.2 Å². The first-order valence-electron chi connectivity index (χ1n) is 5.70. The van der Waals surface area contributed by atoms with Gasteiger partial charge in [0.15, 0.2) is 0 Å². The Labute approximate surface area is 98.0 Å². The molecule has 1 rings (SSSR count). The van der Waals surface area contributed by atoms with Crippen LogP contribution >= 0.6 is 0 Å². The topological polar surface area (TPSA) is 32.6 Å². The minimum atomic E-state index is 0.209. The SMILES string of the molecule is C/C(CCc1ccc(C(C)(C)C)cc1)=N\O. The molecule has 1 N–H and O–H groups in total. The van der Waals surface area contributed by atoms with Crippen molar-refractivity contribution in [3.8, 4) is 0 Å². The van der Waals surface area contributed by atoms with Crippen molar-refractivity contribution in [3.05, 3.63) is 35.4 Å². The molecular formula is C14H21NO. The lowest BCUT2D eigenvalue weighted by molar-refractivity contribution is 0.317. The summed E-state index contributed by atoms with van der Waals surface area (Å²) in [6.45, 7) is 8.48. The predicted octanol–water partition coefficient (Wildman–Crippen LogP) is 3.77. The third kappa shape index (κ3) is 3.69. The second-order valence-corrected chi connectivity index (χ2v) is 5.28. The van der Waals surface area contributed by atoms with Crippen LogP contribution in [-0.2, 0) is 11.8 Å². The van der Waals surface area contributed by atoms with Crippen molar-refractivity contribution in [1.29, 1.82) is 0 Å². The van der Waals surface area contributed by atoms with Gasteiger partial charge in [-0.25, -0.2) is 0 Å². The molecule has 88 valence electrons. The molecule has 0 saturated heterocycles. The Morgan fingerprint density at radius 3 is 2.19 bits per heavy atom. The number of nitrogens with zero attached hydrogens (tertiary/aromatic N) is 1. The fraction of sp³-hybridized carbons (Fsp3) is 0.500. The zero-order valence-electron chi connectivity index (χ0n) is 10.6. The maximum atomic E-state index is 8.55. The van der Waals surface area contributed by atoms with E-state index >= 15 is 0 Å². The maximum absolute atomic E-state index is 8.55. The number of benzene rings is 1. The van der Waals surface area contributed by atoms with Gasteiger partial charge in [0, 0.05) is 0 Å². The van der Waals surface area contributed by atoms with E-state index in [1.165, 1.54) is 11.1 Å². The van der Waals surface area contributed by atoms with Gasteiger partial charge in [-0.1, -0.05) is 50.2 Å². The molecule has 0 heterocycles. The number of aryl methyl sites for hydroxylation is 1. The number of rotatable bonds is 3. The fourth-order valence-electron chi connectivity index (χ4n) is 1.55. The molecule has 2 nitrogen and oxygen atoms in total. The van der Waals surface area contributed by atoms with Crippen LogP contribution in [0, 0.1) is 0 Å². The van der Waals surface area contributed by atoms with Crippen LogP contribution in [-0.4, -0.2) is 10.9 Å². The summed E-state index contributed by atoms with van der Waals surface area (Å²) in [4.78, 5) is 0. The minimum absolute atomic E-state index is 0.209. The fourth-order valence-corrected chi connectivity index (χ4v) is 1.55. The summed E-state index contributed by atoms with van der Waals surface area (Å²) in [6.07, 6.45) is 1.74. The predicted molar refractivity (Wildman–Crippen MR) is 68.4 cm³/mol. The zero-order valence-corrected chi connectivity index (χ0v) is 10.6. The van der Waals surface area contributed by atoms with Gasteiger partial charge >= 0.3 is 0 Å². The maximum Gasteiger partial charge on any atom is 0.0543 e. The van der Waals surface area contributed by atoms with Gasteiger partial charge in [0.25, 0.3) is 0 Å². The van der Waals surface area contributed by atoms with Crippen molar-refractivity contribution in [3.63, 3.8) is 0 Å². The van der Waals surface area contributed by atoms with Crippen molar-refractivity contribution in [2.75, 3.05) is 0 Å². The van der Waals surface area contributed by atoms with E-state index in [0.717, 1.165) is 18.6 Å². The lowest BCUT2D eigenvalue weighted by Crippen LogP contribution is -2.10. The molecule has 1 aromatic carbocycles. The lowest BCUT2D eigenvalue weighted by Gasteiger charge is -2.19. The second kappa shape index (κ2) is 5.15. The van der Waals surface area contributed by atoms with Crippen molar-refractivity contribution >= 4 is 5.71 Å². The van der Waals surface area contributed by atoms with Crippen molar-refractivity contribution in [2.24, 2.45) is 5.16 Å². The van der Waals surface area contributed by atoms with Gasteiger partial charge in [0.05, 0.1) is 5.71 Å². The molecule has 2 heteroatoms. The molecule has 0 unspecified atom stereocenters. The van der Waals surface area contributed by atoms with Crippen LogP contribution in [0.15, 0.2) is 29.4 Å². The number of hydrogen-bond donors (Lipinski definition) is 1. The number of oxime groups is 1. The van der Waals surface area contributed by atoms with Crippen LogP contribution < -0.4 is 0 Å². The van der Waals surface area contributed by atoms with Crippen LogP contribution in [0.1, 0.15) is 45.2 Å². The molecule has 0 fully saturated rings. The number of hydrogen-bond acceptors (Lipinski definition) is 2. The quantitative estimate of drug-likeness (QED) is 0.468. The summed E-state index contributed by atoms with van der Waals surface area (Å²) in [5.41, 5.74) is 3.63. The highest BCUT2D eigenvalue weighted by Gasteiger charge is 2.12. The molecular weight excluding hydrogens is 198 g/mol. The van der Waals surface area contributed by atoms with Crippen molar-refractivity contribution in [1.82, 2.24) is 0 Å². The van der Waals surface area contributed by atoms with E-state index < -0.39 is 0 Å². The van der Waals surface area contributed by atoms with Crippen LogP contribution in [0.4, 0.5) is 0 Å². The summed E-state index contributed by atoms with van der Waals surface area (Å²) in [7, 11) is 0.